The van der Waals surface area contributed by atoms with Crippen molar-refractivity contribution < 1.29 is 0 Å². The van der Waals surface area contributed by atoms with Crippen molar-refractivity contribution in [2.75, 3.05) is 0 Å². The molecule has 0 amide bonds. The monoisotopic (exact) mass is 372 g/mol. The van der Waals surface area contributed by atoms with Crippen molar-refractivity contribution in [2.24, 2.45) is 0 Å². The summed E-state index contributed by atoms with van der Waals surface area (Å²) in [5, 5.41) is 0.788. The van der Waals surface area contributed by atoms with Crippen molar-refractivity contribution in [3.05, 3.63) is 69.2 Å². The molecule has 17 heavy (non-hydrogen) atoms. The van der Waals surface area contributed by atoms with E-state index in [0.717, 1.165) is 15.9 Å². The van der Waals surface area contributed by atoms with Gasteiger partial charge >= 0.3 is 0 Å². The predicted molar refractivity (Wildman–Crippen MR) is 81.0 cm³/mol. The Balaban J connectivity index is 2.14. The molecule has 0 fully saturated rings. The van der Waals surface area contributed by atoms with Gasteiger partial charge in [0, 0.05) is 14.3 Å². The van der Waals surface area contributed by atoms with E-state index in [4.69, 9.17) is 11.6 Å². The molecule has 0 N–H and O–H groups in total. The van der Waals surface area contributed by atoms with Crippen molar-refractivity contribution in [1.82, 2.24) is 0 Å². The van der Waals surface area contributed by atoms with Gasteiger partial charge in [-0.15, -0.1) is 0 Å². The van der Waals surface area contributed by atoms with Gasteiger partial charge in [-0.3, -0.25) is 0 Å². The van der Waals surface area contributed by atoms with Gasteiger partial charge < -0.3 is 0 Å². The first kappa shape index (κ1) is 13.1. The van der Waals surface area contributed by atoms with Gasteiger partial charge in [0.1, 0.15) is 0 Å². The number of hydrogen-bond acceptors (Lipinski definition) is 0. The highest BCUT2D eigenvalue weighted by molar-refractivity contribution is 9.10. The molecule has 0 aliphatic rings. The van der Waals surface area contributed by atoms with Gasteiger partial charge in [-0.05, 0) is 41.8 Å². The highest BCUT2D eigenvalue weighted by Gasteiger charge is 2.08. The van der Waals surface area contributed by atoms with Crippen LogP contribution in [0.1, 0.15) is 16.0 Å². The number of alkyl halides is 1. The third kappa shape index (κ3) is 3.84. The molecule has 0 nitrogen and oxygen atoms in total. The molecule has 2 aromatic rings. The molecule has 1 unspecified atom stereocenters. The first-order valence-corrected chi connectivity index (χ1v) is 7.38. The summed E-state index contributed by atoms with van der Waals surface area (Å²) >= 11 is 13.2. The first-order chi connectivity index (χ1) is 8.15. The van der Waals surface area contributed by atoms with Gasteiger partial charge in [0.2, 0.25) is 0 Å². The molecule has 88 valence electrons. The lowest BCUT2D eigenvalue weighted by molar-refractivity contribution is 0.948. The Kier molecular flexibility index (Phi) is 4.66. The summed E-state index contributed by atoms with van der Waals surface area (Å²) < 4.78 is 1.10. The van der Waals surface area contributed by atoms with Crippen molar-refractivity contribution in [1.29, 1.82) is 0 Å². The van der Waals surface area contributed by atoms with E-state index in [0.29, 0.717) is 4.83 Å². The number of hydrogen-bond donors (Lipinski definition) is 0. The lowest BCUT2D eigenvalue weighted by Crippen LogP contribution is -1.95. The van der Waals surface area contributed by atoms with Crippen molar-refractivity contribution >= 4 is 43.5 Å². The Morgan fingerprint density at radius 3 is 2.53 bits per heavy atom. The van der Waals surface area contributed by atoms with Gasteiger partial charge in [-0.25, -0.2) is 0 Å². The third-order valence-corrected chi connectivity index (χ3v) is 4.10. The molecule has 0 aromatic heterocycles. The Hall–Kier alpha value is -0.310. The molecular weight excluding hydrogens is 363 g/mol. The zero-order valence-electron chi connectivity index (χ0n) is 9.04. The van der Waals surface area contributed by atoms with Crippen LogP contribution in [0.5, 0.6) is 0 Å². The van der Waals surface area contributed by atoms with Crippen LogP contribution in [0.3, 0.4) is 0 Å². The van der Waals surface area contributed by atoms with Crippen LogP contribution in [0.2, 0.25) is 5.02 Å². The van der Waals surface area contributed by atoms with Gasteiger partial charge in [0.15, 0.2) is 0 Å². The highest BCUT2D eigenvalue weighted by atomic mass is 79.9. The van der Waals surface area contributed by atoms with E-state index in [-0.39, 0.29) is 0 Å². The van der Waals surface area contributed by atoms with Crippen LogP contribution < -0.4 is 0 Å². The van der Waals surface area contributed by atoms with Crippen LogP contribution in [0.25, 0.3) is 0 Å². The Morgan fingerprint density at radius 1 is 1.06 bits per heavy atom. The molecule has 0 saturated carbocycles. The maximum absolute atomic E-state index is 5.98. The van der Waals surface area contributed by atoms with E-state index < -0.39 is 0 Å². The standard InChI is InChI=1S/C14H11Br2Cl/c15-12-5-2-4-11(9-12)14(16)8-10-3-1-6-13(17)7-10/h1-7,9,14H,8H2. The second-order valence-electron chi connectivity index (χ2n) is 3.86. The lowest BCUT2D eigenvalue weighted by Gasteiger charge is -2.11. The molecule has 0 aliphatic carbocycles. The summed E-state index contributed by atoms with van der Waals surface area (Å²) in [4.78, 5) is 0.304. The Labute approximate surface area is 123 Å². The zero-order chi connectivity index (χ0) is 12.3. The highest BCUT2D eigenvalue weighted by Crippen LogP contribution is 2.29. The minimum Gasteiger partial charge on any atom is -0.0843 e. The molecule has 0 spiro atoms. The maximum atomic E-state index is 5.98. The maximum Gasteiger partial charge on any atom is 0.0436 e. The second kappa shape index (κ2) is 6.03. The zero-order valence-corrected chi connectivity index (χ0v) is 13.0. The fourth-order valence-electron chi connectivity index (χ4n) is 1.69. The number of rotatable bonds is 3. The quantitative estimate of drug-likeness (QED) is 0.597. The molecule has 0 aliphatic heterocycles. The summed E-state index contributed by atoms with van der Waals surface area (Å²) in [7, 11) is 0. The van der Waals surface area contributed by atoms with Gasteiger partial charge in [-0.1, -0.05) is 67.7 Å². The van der Waals surface area contributed by atoms with E-state index in [9.17, 15) is 0 Å². The van der Waals surface area contributed by atoms with Gasteiger partial charge in [0.05, 0.1) is 0 Å². The van der Waals surface area contributed by atoms with Crippen molar-refractivity contribution in [3.63, 3.8) is 0 Å². The van der Waals surface area contributed by atoms with E-state index in [2.05, 4.69) is 50.1 Å². The molecule has 2 rings (SSSR count). The van der Waals surface area contributed by atoms with E-state index >= 15 is 0 Å². The van der Waals surface area contributed by atoms with E-state index in [1.54, 1.807) is 0 Å². The lowest BCUT2D eigenvalue weighted by atomic mass is 10.0. The largest absolute Gasteiger partial charge is 0.0843 e. The molecule has 3 heteroatoms. The SMILES string of the molecule is Clc1cccc(CC(Br)c2cccc(Br)c2)c1. The summed E-state index contributed by atoms with van der Waals surface area (Å²) in [6.07, 6.45) is 0.928. The third-order valence-electron chi connectivity index (χ3n) is 2.51. The predicted octanol–water partition coefficient (Wildman–Crippen LogP) is 5.78. The Bertz CT molecular complexity index is 511. The first-order valence-electron chi connectivity index (χ1n) is 5.29. The van der Waals surface area contributed by atoms with Crippen LogP contribution in [0, 0.1) is 0 Å². The fourth-order valence-corrected chi connectivity index (χ4v) is 2.98. The van der Waals surface area contributed by atoms with Gasteiger partial charge in [-0.2, -0.15) is 0 Å². The molecular formula is C14H11Br2Cl. The summed E-state index contributed by atoms with van der Waals surface area (Å²) in [6.45, 7) is 0. The molecule has 0 radical (unpaired) electrons. The molecule has 1 atom stereocenters. The normalized spacial score (nSPS) is 12.4. The molecule has 2 aromatic carbocycles. The molecule has 0 bridgehead atoms. The van der Waals surface area contributed by atoms with Crippen LogP contribution >= 0.6 is 43.5 Å². The molecule has 0 saturated heterocycles. The van der Waals surface area contributed by atoms with Crippen LogP contribution in [0.15, 0.2) is 53.0 Å². The average molecular weight is 375 g/mol. The van der Waals surface area contributed by atoms with E-state index in [1.807, 2.05) is 30.3 Å². The summed E-state index contributed by atoms with van der Waals surface area (Å²) in [5.41, 5.74) is 2.50. The number of halogens is 3. The summed E-state index contributed by atoms with van der Waals surface area (Å²) in [5.74, 6) is 0. The van der Waals surface area contributed by atoms with Crippen molar-refractivity contribution in [3.8, 4) is 0 Å². The van der Waals surface area contributed by atoms with E-state index in [1.165, 1.54) is 11.1 Å². The fraction of sp³-hybridized carbons (Fsp3) is 0.143. The second-order valence-corrected chi connectivity index (χ2v) is 6.31. The van der Waals surface area contributed by atoms with Crippen molar-refractivity contribution in [2.45, 2.75) is 11.2 Å². The van der Waals surface area contributed by atoms with Gasteiger partial charge in [0.25, 0.3) is 0 Å². The van der Waals surface area contributed by atoms with Crippen LogP contribution in [-0.2, 0) is 6.42 Å². The smallest absolute Gasteiger partial charge is 0.0436 e. The van der Waals surface area contributed by atoms with Crippen LogP contribution in [-0.4, -0.2) is 0 Å². The number of benzene rings is 2. The Morgan fingerprint density at radius 2 is 1.82 bits per heavy atom. The van der Waals surface area contributed by atoms with Crippen LogP contribution in [0.4, 0.5) is 0 Å². The molecule has 0 heterocycles. The average Bonchev–Trinajstić information content (AvgIpc) is 2.29. The topological polar surface area (TPSA) is 0 Å². The minimum atomic E-state index is 0.304. The minimum absolute atomic E-state index is 0.304. The summed E-state index contributed by atoms with van der Waals surface area (Å²) in [6, 6.07) is 16.3.